The van der Waals surface area contributed by atoms with Gasteiger partial charge < -0.3 is 20.4 Å². The molecule has 60 heavy (non-hydrogen) atoms. The first-order valence-electron chi connectivity index (χ1n) is 21.3. The van der Waals surface area contributed by atoms with Crippen LogP contribution in [0.5, 0.6) is 0 Å². The lowest BCUT2D eigenvalue weighted by Gasteiger charge is -2.40. The number of ether oxygens (including phenoxy) is 1. The molecule has 3 aromatic rings. The van der Waals surface area contributed by atoms with Crippen LogP contribution in [-0.2, 0) is 28.7 Å². The van der Waals surface area contributed by atoms with Crippen LogP contribution in [0, 0.1) is 36.8 Å². The summed E-state index contributed by atoms with van der Waals surface area (Å²) < 4.78 is 79.6. The summed E-state index contributed by atoms with van der Waals surface area (Å²) in [4.78, 5) is 12.3. The molecule has 3 N–H and O–H groups in total. The second-order valence-corrected chi connectivity index (χ2v) is 17.3. The van der Waals surface area contributed by atoms with Crippen LogP contribution in [0.4, 0.5) is 29.1 Å². The first-order valence-corrected chi connectivity index (χ1v) is 22.8. The van der Waals surface area contributed by atoms with Crippen LogP contribution >= 0.6 is 0 Å². The number of aryl methyl sites for hydroxylation is 2. The zero-order valence-corrected chi connectivity index (χ0v) is 37.5. The number of nitrogens with one attached hydrogen (secondary N) is 1. The molecular weight excluding hydrogens is 791 g/mol. The Labute approximate surface area is 357 Å². The van der Waals surface area contributed by atoms with Gasteiger partial charge in [-0.2, -0.15) is 0 Å². The molecule has 2 saturated carbocycles. The summed E-state index contributed by atoms with van der Waals surface area (Å²) >= 11 is -1.86. The van der Waals surface area contributed by atoms with Crippen LogP contribution < -0.4 is 10.6 Å². The number of nitrogens with two attached hydrogens (primary N) is 1. The summed E-state index contributed by atoms with van der Waals surface area (Å²) in [5.74, 6) is -3.08. The van der Waals surface area contributed by atoms with Gasteiger partial charge in [-0.3, -0.25) is 9.11 Å². The molecule has 8 nitrogen and oxygen atoms in total. The first-order chi connectivity index (χ1) is 28.4. The molecule has 2 unspecified atom stereocenters. The standard InChI is InChI=1S/C39H45F4N5.C7H16O.CH4O2S/c1-6-25-10-11-32(23(5)34(25)35(45)21(2)3)48-36(27-8-7-9-27)33-22(4)16-31(26-12-14-39(42,43)15-13-26)46-37(33)47-38(48)30(44)19-24-17-28(40)20-29(41)18-24;1-3-4-5-6-7-8-2;1-4(2)3/h10-11,16-18,20-21,26,30,45H,6-9,12-15,19,44H2,1-5H3;3-7H2,1-2H3;1H3,(H,2,3)/p-1. The number of methoxy groups -OCH3 is 1. The summed E-state index contributed by atoms with van der Waals surface area (Å²) in [5.41, 5.74) is 16.6. The number of nitrogens with zero attached hydrogens (tertiary/aromatic N) is 3. The van der Waals surface area contributed by atoms with Crippen molar-refractivity contribution in [3.63, 3.8) is 0 Å². The Bertz CT molecular complexity index is 2010. The lowest BCUT2D eigenvalue weighted by molar-refractivity contribution is -0.0384. The largest absolute Gasteiger partial charge is 0.773 e. The van der Waals surface area contributed by atoms with Gasteiger partial charge in [-0.05, 0) is 129 Å². The Morgan fingerprint density at radius 1 is 1.05 bits per heavy atom. The highest BCUT2D eigenvalue weighted by Gasteiger charge is 2.39. The fourth-order valence-corrected chi connectivity index (χ4v) is 8.11. The number of anilines is 1. The minimum absolute atomic E-state index is 0.0126. The smallest absolute Gasteiger partial charge is 0.248 e. The van der Waals surface area contributed by atoms with E-state index in [2.05, 4.69) is 30.9 Å². The van der Waals surface area contributed by atoms with Gasteiger partial charge in [0.2, 0.25) is 5.92 Å². The third-order valence-electron chi connectivity index (χ3n) is 11.5. The average Bonchev–Trinajstić information content (AvgIpc) is 3.15. The number of aromatic nitrogens is 1. The van der Waals surface area contributed by atoms with Crippen LogP contribution in [0.2, 0.25) is 0 Å². The molecule has 0 saturated heterocycles. The predicted molar refractivity (Wildman–Crippen MR) is 237 cm³/mol. The topological polar surface area (TPSA) is 128 Å². The van der Waals surface area contributed by atoms with Crippen LogP contribution in [0.15, 0.2) is 47.0 Å². The predicted octanol–water partition coefficient (Wildman–Crippen LogP) is 11.6. The molecule has 13 heteroatoms. The van der Waals surface area contributed by atoms with Crippen molar-refractivity contribution in [3.05, 3.63) is 92.7 Å². The molecule has 2 atom stereocenters. The number of hydrogen-bond donors (Lipinski definition) is 2. The summed E-state index contributed by atoms with van der Waals surface area (Å²) in [7, 11) is 1.76. The second-order valence-electron chi connectivity index (χ2n) is 16.5. The number of aliphatic imine (C=N–C) groups is 1. The molecule has 2 aliphatic carbocycles. The van der Waals surface area contributed by atoms with E-state index >= 15 is 0 Å². The third kappa shape index (κ3) is 12.6. The Hall–Kier alpha value is -3.78. The maximum Gasteiger partial charge on any atom is 0.248 e. The molecule has 2 heterocycles. The van der Waals surface area contributed by atoms with E-state index < -0.39 is 34.7 Å². The minimum atomic E-state index is -2.65. The van der Waals surface area contributed by atoms with Gasteiger partial charge in [0.1, 0.15) is 17.5 Å². The zero-order chi connectivity index (χ0) is 44.3. The second kappa shape index (κ2) is 22.4. The Balaban J connectivity index is 0.000000580. The molecule has 0 amide bonds. The highest BCUT2D eigenvalue weighted by Crippen LogP contribution is 2.48. The minimum Gasteiger partial charge on any atom is -0.773 e. The van der Waals surface area contributed by atoms with Crippen molar-refractivity contribution in [2.24, 2.45) is 16.6 Å². The molecule has 3 aliphatic rings. The van der Waals surface area contributed by atoms with Gasteiger partial charge in [0.25, 0.3) is 0 Å². The van der Waals surface area contributed by atoms with Crippen molar-refractivity contribution in [3.8, 4) is 0 Å². The van der Waals surface area contributed by atoms with Gasteiger partial charge in [-0.15, -0.1) is 0 Å². The number of benzene rings is 2. The van der Waals surface area contributed by atoms with Gasteiger partial charge in [0.15, 0.2) is 5.82 Å². The summed E-state index contributed by atoms with van der Waals surface area (Å²) in [6.07, 6.45) is 10.4. The number of rotatable bonds is 13. The average molecular weight is 855 g/mol. The van der Waals surface area contributed by atoms with Gasteiger partial charge in [-0.1, -0.05) is 64.1 Å². The fraction of sp³-hybridized carbons (Fsp3) is 0.553. The van der Waals surface area contributed by atoms with E-state index in [4.69, 9.17) is 34.6 Å². The van der Waals surface area contributed by atoms with Crippen molar-refractivity contribution >= 4 is 39.8 Å². The van der Waals surface area contributed by atoms with Crippen molar-refractivity contribution in [2.45, 2.75) is 143 Å². The maximum atomic E-state index is 14.3. The van der Waals surface area contributed by atoms with E-state index in [0.29, 0.717) is 35.8 Å². The van der Waals surface area contributed by atoms with Gasteiger partial charge >= 0.3 is 0 Å². The molecule has 1 aliphatic heterocycles. The normalized spacial score (nSPS) is 17.1. The van der Waals surface area contributed by atoms with Crippen molar-refractivity contribution in [1.82, 2.24) is 4.98 Å². The molecule has 0 spiro atoms. The Morgan fingerprint density at radius 3 is 2.22 bits per heavy atom. The molecular formula is C47H64F4N5O3S-. The Kier molecular flexibility index (Phi) is 18.2. The van der Waals surface area contributed by atoms with Crippen molar-refractivity contribution < 1.29 is 31.1 Å². The summed E-state index contributed by atoms with van der Waals surface area (Å²) in [6.45, 7) is 13.3. The van der Waals surface area contributed by atoms with Crippen molar-refractivity contribution in [1.29, 1.82) is 5.41 Å². The third-order valence-corrected chi connectivity index (χ3v) is 11.5. The number of amidine groups is 1. The lowest BCUT2D eigenvalue weighted by Crippen LogP contribution is -2.47. The van der Waals surface area contributed by atoms with E-state index in [1.165, 1.54) is 43.4 Å². The highest BCUT2D eigenvalue weighted by atomic mass is 32.2. The fourth-order valence-electron chi connectivity index (χ4n) is 8.11. The molecule has 330 valence electrons. The number of unbranched alkanes of at least 4 members (excludes halogenated alkanes) is 3. The van der Waals surface area contributed by atoms with Gasteiger partial charge in [-0.25, -0.2) is 27.5 Å². The quantitative estimate of drug-likeness (QED) is 0.0763. The molecule has 1 aromatic heterocycles. The zero-order valence-electron chi connectivity index (χ0n) is 36.7. The lowest BCUT2D eigenvalue weighted by atomic mass is 9.82. The van der Waals surface area contributed by atoms with Crippen LogP contribution in [0.3, 0.4) is 0 Å². The number of alkyl halides is 2. The number of halogens is 4. The molecule has 2 fully saturated rings. The van der Waals surface area contributed by atoms with Crippen LogP contribution in [0.1, 0.15) is 143 Å². The number of allylic oxidation sites excluding steroid dienone is 1. The molecule has 0 radical (unpaired) electrons. The molecule has 0 bridgehead atoms. The SMILES string of the molecule is CCCCCCOC.CCc1ccc(N2C(C(N)Cc3cc(F)cc(F)c3)=Nc3nc(C4CCC(F)(F)CC4)cc(C)c3C2=C2CCC2)c(C)c1C(=N)C(C)C.CS(=O)[O-]. The number of pyridine rings is 1. The van der Waals surface area contributed by atoms with Crippen LogP contribution in [-0.4, -0.2) is 57.2 Å². The van der Waals surface area contributed by atoms with E-state index in [9.17, 15) is 17.6 Å². The molecule has 2 aromatic carbocycles. The monoisotopic (exact) mass is 854 g/mol. The van der Waals surface area contributed by atoms with E-state index in [1.807, 2.05) is 33.8 Å². The number of hydrogen-bond acceptors (Lipinski definition) is 8. The van der Waals surface area contributed by atoms with Crippen molar-refractivity contribution in [2.75, 3.05) is 24.9 Å². The van der Waals surface area contributed by atoms with E-state index in [-0.39, 0.29) is 31.1 Å². The van der Waals surface area contributed by atoms with E-state index in [0.717, 1.165) is 89.5 Å². The molecule has 6 rings (SSSR count). The van der Waals surface area contributed by atoms with Gasteiger partial charge in [0.05, 0.1) is 17.4 Å². The highest BCUT2D eigenvalue weighted by molar-refractivity contribution is 7.78. The van der Waals surface area contributed by atoms with Crippen LogP contribution in [0.25, 0.3) is 5.70 Å². The number of fused-ring (bicyclic) bond motifs is 1. The first kappa shape index (κ1) is 48.9. The van der Waals surface area contributed by atoms with E-state index in [1.54, 1.807) is 7.11 Å². The summed E-state index contributed by atoms with van der Waals surface area (Å²) in [5, 5.41) is 9.07. The van der Waals surface area contributed by atoms with Gasteiger partial charge in [0, 0.05) is 61.1 Å². The summed E-state index contributed by atoms with van der Waals surface area (Å²) in [6, 6.07) is 8.83. The Morgan fingerprint density at radius 2 is 1.68 bits per heavy atom. The maximum absolute atomic E-state index is 14.3.